The first kappa shape index (κ1) is 18.3. The van der Waals surface area contributed by atoms with Gasteiger partial charge in [-0.05, 0) is 16.8 Å². The summed E-state index contributed by atoms with van der Waals surface area (Å²) in [6.45, 7) is 0. The Labute approximate surface area is 163 Å². The molecular weight excluding hydrogens is 399 g/mol. The van der Waals surface area contributed by atoms with E-state index in [1.54, 1.807) is 12.1 Å². The lowest BCUT2D eigenvalue weighted by Gasteiger charge is -2.08. The van der Waals surface area contributed by atoms with Crippen molar-refractivity contribution in [2.75, 3.05) is 5.73 Å². The molecule has 4 N–H and O–H groups in total. The van der Waals surface area contributed by atoms with Gasteiger partial charge in [0.2, 0.25) is 0 Å². The number of nitrogens with zero attached hydrogens (tertiary/aromatic N) is 2. The lowest BCUT2D eigenvalue weighted by atomic mass is 10.0. The van der Waals surface area contributed by atoms with Crippen LogP contribution in [0.4, 0.5) is 5.69 Å². The molecule has 0 aliphatic carbocycles. The zero-order chi connectivity index (χ0) is 18.8. The molecule has 1 aromatic heterocycles. The Morgan fingerprint density at radius 2 is 1.88 bits per heavy atom. The molecule has 0 atom stereocenters. The predicted octanol–water partition coefficient (Wildman–Crippen LogP) is 4.25. The Morgan fingerprint density at radius 3 is 2.65 bits per heavy atom. The van der Waals surface area contributed by atoms with E-state index in [1.165, 1.54) is 6.21 Å². The van der Waals surface area contributed by atoms with Crippen LogP contribution in [0.25, 0.3) is 10.8 Å². The Kier molecular flexibility index (Phi) is 5.18. The van der Waals surface area contributed by atoms with Crippen LogP contribution in [0.15, 0.2) is 41.5 Å². The molecule has 0 spiro atoms. The number of hydrogen-bond donors (Lipinski definition) is 3. The van der Waals surface area contributed by atoms with Crippen LogP contribution in [-0.4, -0.2) is 22.2 Å². The maximum atomic E-state index is 12.2. The van der Waals surface area contributed by atoms with Crippen molar-refractivity contribution in [1.29, 1.82) is 0 Å². The number of pyridine rings is 1. The van der Waals surface area contributed by atoms with Gasteiger partial charge in [-0.1, -0.05) is 65.1 Å². The number of aromatic hydroxyl groups is 1. The molecule has 0 saturated heterocycles. The molecule has 0 aliphatic rings. The van der Waals surface area contributed by atoms with E-state index in [2.05, 4.69) is 15.5 Å². The maximum absolute atomic E-state index is 12.2. The molecule has 1 amide bonds. The zero-order valence-electron chi connectivity index (χ0n) is 13.0. The second kappa shape index (κ2) is 7.37. The van der Waals surface area contributed by atoms with Crippen LogP contribution >= 0.6 is 34.8 Å². The first-order valence-electron chi connectivity index (χ1n) is 7.24. The summed E-state index contributed by atoms with van der Waals surface area (Å²) >= 11 is 17.6. The number of nitrogens with two attached hydrogens (primary N) is 1. The van der Waals surface area contributed by atoms with E-state index in [4.69, 9.17) is 40.5 Å². The standard InChI is InChI=1S/C17H11Cl3N4O2/c18-12-14(21)13(19)16(20)23-15(12)17(26)24-22-7-10-9-4-2-1-3-8(9)5-6-11(10)25/h1-7,25H,(H2,21,23)(H,24,26)/b22-7+. The van der Waals surface area contributed by atoms with Crippen LogP contribution in [0.5, 0.6) is 5.75 Å². The molecule has 2 aromatic carbocycles. The quantitative estimate of drug-likeness (QED) is 0.342. The van der Waals surface area contributed by atoms with Gasteiger partial charge in [-0.15, -0.1) is 0 Å². The van der Waals surface area contributed by atoms with E-state index in [0.717, 1.165) is 10.8 Å². The summed E-state index contributed by atoms with van der Waals surface area (Å²) in [5, 5.41) is 15.3. The van der Waals surface area contributed by atoms with Crippen molar-refractivity contribution in [3.8, 4) is 5.75 Å². The van der Waals surface area contributed by atoms with E-state index in [1.807, 2.05) is 24.3 Å². The molecule has 0 unspecified atom stereocenters. The number of phenolic OH excluding ortho intramolecular Hbond substituents is 1. The molecule has 132 valence electrons. The molecule has 3 aromatic rings. The minimum atomic E-state index is -0.726. The number of aromatic nitrogens is 1. The molecule has 0 saturated carbocycles. The van der Waals surface area contributed by atoms with Crippen LogP contribution in [0.1, 0.15) is 16.1 Å². The number of amides is 1. The van der Waals surface area contributed by atoms with Crippen molar-refractivity contribution < 1.29 is 9.90 Å². The van der Waals surface area contributed by atoms with Gasteiger partial charge in [0.05, 0.1) is 16.9 Å². The Bertz CT molecular complexity index is 1050. The molecule has 0 bridgehead atoms. The highest BCUT2D eigenvalue weighted by atomic mass is 35.5. The molecular formula is C17H11Cl3N4O2. The monoisotopic (exact) mass is 408 g/mol. The minimum Gasteiger partial charge on any atom is -0.507 e. The molecule has 0 radical (unpaired) electrons. The molecule has 1 heterocycles. The number of nitrogens with one attached hydrogen (secondary N) is 1. The molecule has 0 fully saturated rings. The number of hydrazone groups is 1. The number of hydrogen-bond acceptors (Lipinski definition) is 5. The normalized spacial score (nSPS) is 11.2. The van der Waals surface area contributed by atoms with Gasteiger partial charge in [0.25, 0.3) is 5.91 Å². The first-order valence-corrected chi connectivity index (χ1v) is 8.37. The third-order valence-corrected chi connectivity index (χ3v) is 4.73. The van der Waals surface area contributed by atoms with Gasteiger partial charge >= 0.3 is 0 Å². The third kappa shape index (κ3) is 3.39. The molecule has 0 aliphatic heterocycles. The first-order chi connectivity index (χ1) is 12.4. The number of carbonyl (C=O) groups excluding carboxylic acids is 1. The fourth-order valence-electron chi connectivity index (χ4n) is 2.31. The summed E-state index contributed by atoms with van der Waals surface area (Å²) in [5.41, 5.74) is 8.15. The highest BCUT2D eigenvalue weighted by molar-refractivity contribution is 6.46. The zero-order valence-corrected chi connectivity index (χ0v) is 15.3. The number of halogens is 3. The fourth-order valence-corrected chi connectivity index (χ4v) is 2.90. The van der Waals surface area contributed by atoms with Gasteiger partial charge < -0.3 is 10.8 Å². The lowest BCUT2D eigenvalue weighted by Crippen LogP contribution is -2.20. The predicted molar refractivity (Wildman–Crippen MR) is 104 cm³/mol. The van der Waals surface area contributed by atoms with Gasteiger partial charge in [0.15, 0.2) is 10.8 Å². The number of nitrogen functional groups attached to an aromatic ring is 1. The highest BCUT2D eigenvalue weighted by Gasteiger charge is 2.19. The molecule has 26 heavy (non-hydrogen) atoms. The lowest BCUT2D eigenvalue weighted by molar-refractivity contribution is 0.0950. The second-order valence-electron chi connectivity index (χ2n) is 5.21. The Balaban J connectivity index is 1.88. The van der Waals surface area contributed by atoms with Crippen molar-refractivity contribution in [3.63, 3.8) is 0 Å². The minimum absolute atomic E-state index is 0.0247. The SMILES string of the molecule is Nc1c(Cl)c(Cl)nc(C(=O)N/N=C/c2c(O)ccc3ccccc23)c1Cl. The largest absolute Gasteiger partial charge is 0.507 e. The second-order valence-corrected chi connectivity index (χ2v) is 6.33. The third-order valence-electron chi connectivity index (χ3n) is 3.59. The maximum Gasteiger partial charge on any atom is 0.291 e. The summed E-state index contributed by atoms with van der Waals surface area (Å²) in [7, 11) is 0. The number of fused-ring (bicyclic) bond motifs is 1. The van der Waals surface area contributed by atoms with Gasteiger partial charge in [0, 0.05) is 5.56 Å². The Hall–Kier alpha value is -2.54. The van der Waals surface area contributed by atoms with Crippen molar-refractivity contribution in [2.24, 2.45) is 5.10 Å². The number of carbonyl (C=O) groups is 1. The summed E-state index contributed by atoms with van der Waals surface area (Å²) in [4.78, 5) is 16.0. The smallest absolute Gasteiger partial charge is 0.291 e. The van der Waals surface area contributed by atoms with Gasteiger partial charge in [-0.2, -0.15) is 5.10 Å². The van der Waals surface area contributed by atoms with Crippen LogP contribution in [-0.2, 0) is 0 Å². The number of rotatable bonds is 3. The van der Waals surface area contributed by atoms with Gasteiger partial charge in [-0.3, -0.25) is 4.79 Å². The Morgan fingerprint density at radius 1 is 1.15 bits per heavy atom. The highest BCUT2D eigenvalue weighted by Crippen LogP contribution is 2.34. The molecule has 6 nitrogen and oxygen atoms in total. The van der Waals surface area contributed by atoms with Crippen LogP contribution in [0, 0.1) is 0 Å². The average Bonchev–Trinajstić information content (AvgIpc) is 2.64. The van der Waals surface area contributed by atoms with Crippen molar-refractivity contribution in [1.82, 2.24) is 10.4 Å². The average molecular weight is 410 g/mol. The van der Waals surface area contributed by atoms with Gasteiger partial charge in [-0.25, -0.2) is 10.4 Å². The number of benzene rings is 2. The van der Waals surface area contributed by atoms with Gasteiger partial charge in [0.1, 0.15) is 10.8 Å². The van der Waals surface area contributed by atoms with Crippen molar-refractivity contribution >= 4 is 63.4 Å². The molecule has 9 heteroatoms. The van der Waals surface area contributed by atoms with E-state index in [-0.39, 0.29) is 32.3 Å². The van der Waals surface area contributed by atoms with Crippen LogP contribution in [0.2, 0.25) is 15.2 Å². The molecule has 3 rings (SSSR count). The number of phenols is 1. The van der Waals surface area contributed by atoms with Crippen molar-refractivity contribution in [3.05, 3.63) is 62.9 Å². The van der Waals surface area contributed by atoms with Crippen molar-refractivity contribution in [2.45, 2.75) is 0 Å². The van der Waals surface area contributed by atoms with Crippen LogP contribution < -0.4 is 11.2 Å². The topological polar surface area (TPSA) is 101 Å². The summed E-state index contributed by atoms with van der Waals surface area (Å²) in [6, 6.07) is 10.8. The summed E-state index contributed by atoms with van der Waals surface area (Å²) < 4.78 is 0. The van der Waals surface area contributed by atoms with E-state index >= 15 is 0 Å². The van der Waals surface area contributed by atoms with E-state index in [0.29, 0.717) is 5.56 Å². The van der Waals surface area contributed by atoms with E-state index in [9.17, 15) is 9.90 Å². The fraction of sp³-hybridized carbons (Fsp3) is 0. The number of anilines is 1. The summed E-state index contributed by atoms with van der Waals surface area (Å²) in [6.07, 6.45) is 1.32. The summed E-state index contributed by atoms with van der Waals surface area (Å²) in [5.74, 6) is -0.701. The van der Waals surface area contributed by atoms with E-state index < -0.39 is 5.91 Å². The van der Waals surface area contributed by atoms with Crippen LogP contribution in [0.3, 0.4) is 0 Å².